The van der Waals surface area contributed by atoms with E-state index in [-0.39, 0.29) is 17.5 Å². The number of nitrogens with zero attached hydrogens (tertiary/aromatic N) is 2. The first kappa shape index (κ1) is 17.1. The summed E-state index contributed by atoms with van der Waals surface area (Å²) < 4.78 is 2.23. The molecule has 0 radical (unpaired) electrons. The summed E-state index contributed by atoms with van der Waals surface area (Å²) >= 11 is 0. The SMILES string of the molecule is CCCC1c2cccn2CCN1C(=O)c1cc2c([nH]c1=O)CCCCC2. The van der Waals surface area contributed by atoms with Crippen molar-refractivity contribution in [3.05, 3.63) is 57.3 Å². The monoisotopic (exact) mass is 353 g/mol. The molecule has 138 valence electrons. The van der Waals surface area contributed by atoms with E-state index in [0.29, 0.717) is 12.1 Å². The molecule has 2 aliphatic rings. The minimum absolute atomic E-state index is 0.0504. The first-order valence-corrected chi connectivity index (χ1v) is 9.90. The van der Waals surface area contributed by atoms with Crippen LogP contribution in [0.4, 0.5) is 0 Å². The van der Waals surface area contributed by atoms with Crippen molar-refractivity contribution < 1.29 is 4.79 Å². The number of hydrogen-bond acceptors (Lipinski definition) is 2. The van der Waals surface area contributed by atoms with Gasteiger partial charge in [0.05, 0.1) is 6.04 Å². The number of H-pyrrole nitrogens is 1. The Morgan fingerprint density at radius 3 is 2.92 bits per heavy atom. The lowest BCUT2D eigenvalue weighted by Crippen LogP contribution is -2.43. The number of aromatic amines is 1. The van der Waals surface area contributed by atoms with Gasteiger partial charge in [0, 0.05) is 30.7 Å². The van der Waals surface area contributed by atoms with Gasteiger partial charge < -0.3 is 14.5 Å². The van der Waals surface area contributed by atoms with Crippen LogP contribution in [0, 0.1) is 0 Å². The Labute approximate surface area is 154 Å². The molecule has 1 atom stereocenters. The van der Waals surface area contributed by atoms with Crippen LogP contribution in [0.2, 0.25) is 0 Å². The predicted octanol–water partition coefficient (Wildman–Crippen LogP) is 3.44. The van der Waals surface area contributed by atoms with Crippen LogP contribution in [0.25, 0.3) is 0 Å². The molecule has 1 amide bonds. The maximum absolute atomic E-state index is 13.3. The standard InChI is InChI=1S/C21H27N3O2/c1-2-7-19-18-10-6-11-23(18)12-13-24(19)21(26)16-14-15-8-4-3-5-9-17(15)22-20(16)25/h6,10-11,14,19H,2-5,7-9,12-13H2,1H3,(H,22,25). The molecule has 0 bridgehead atoms. The number of fused-ring (bicyclic) bond motifs is 2. The summed E-state index contributed by atoms with van der Waals surface area (Å²) in [7, 11) is 0. The molecular weight excluding hydrogens is 326 g/mol. The third-order valence-corrected chi connectivity index (χ3v) is 5.81. The zero-order valence-corrected chi connectivity index (χ0v) is 15.5. The molecule has 0 aromatic carbocycles. The van der Waals surface area contributed by atoms with E-state index in [1.807, 2.05) is 17.0 Å². The van der Waals surface area contributed by atoms with Crippen LogP contribution >= 0.6 is 0 Å². The first-order valence-electron chi connectivity index (χ1n) is 9.90. The number of nitrogens with one attached hydrogen (secondary N) is 1. The van der Waals surface area contributed by atoms with E-state index in [1.165, 1.54) is 12.1 Å². The predicted molar refractivity (Wildman–Crippen MR) is 101 cm³/mol. The van der Waals surface area contributed by atoms with E-state index in [9.17, 15) is 9.59 Å². The quantitative estimate of drug-likeness (QED) is 0.859. The Morgan fingerprint density at radius 1 is 1.23 bits per heavy atom. The second-order valence-electron chi connectivity index (χ2n) is 7.51. The number of carbonyl (C=O) groups is 1. The molecule has 2 aromatic heterocycles. The van der Waals surface area contributed by atoms with Gasteiger partial charge in [-0.1, -0.05) is 19.8 Å². The van der Waals surface area contributed by atoms with Gasteiger partial charge in [0.2, 0.25) is 0 Å². The normalized spacial score (nSPS) is 19.6. The van der Waals surface area contributed by atoms with Crippen molar-refractivity contribution in [3.8, 4) is 0 Å². The van der Waals surface area contributed by atoms with E-state index >= 15 is 0 Å². The number of pyridine rings is 1. The average molecular weight is 353 g/mol. The lowest BCUT2D eigenvalue weighted by Gasteiger charge is -2.37. The molecule has 1 aliphatic carbocycles. The van der Waals surface area contributed by atoms with Gasteiger partial charge in [-0.25, -0.2) is 0 Å². The highest BCUT2D eigenvalue weighted by atomic mass is 16.2. The largest absolute Gasteiger partial charge is 0.348 e. The fourth-order valence-electron chi connectivity index (χ4n) is 4.45. The van der Waals surface area contributed by atoms with E-state index < -0.39 is 0 Å². The van der Waals surface area contributed by atoms with Crippen LogP contribution in [0.5, 0.6) is 0 Å². The molecule has 0 spiro atoms. The van der Waals surface area contributed by atoms with Gasteiger partial charge in [-0.15, -0.1) is 0 Å². The highest BCUT2D eigenvalue weighted by Crippen LogP contribution is 2.31. The Kier molecular flexibility index (Phi) is 4.70. The zero-order valence-electron chi connectivity index (χ0n) is 15.5. The van der Waals surface area contributed by atoms with Gasteiger partial charge in [-0.2, -0.15) is 0 Å². The fraction of sp³-hybridized carbons (Fsp3) is 0.524. The van der Waals surface area contributed by atoms with E-state index in [4.69, 9.17) is 0 Å². The minimum Gasteiger partial charge on any atom is -0.348 e. The van der Waals surface area contributed by atoms with Crippen molar-refractivity contribution in [3.63, 3.8) is 0 Å². The number of rotatable bonds is 3. The lowest BCUT2D eigenvalue weighted by atomic mass is 10.0. The minimum atomic E-state index is -0.230. The van der Waals surface area contributed by atoms with Crippen molar-refractivity contribution in [2.45, 2.75) is 64.5 Å². The second kappa shape index (κ2) is 7.14. The first-order chi connectivity index (χ1) is 12.7. The maximum atomic E-state index is 13.3. The van der Waals surface area contributed by atoms with Crippen LogP contribution in [0.3, 0.4) is 0 Å². The van der Waals surface area contributed by atoms with Gasteiger partial charge >= 0.3 is 0 Å². The third kappa shape index (κ3) is 3.00. The summed E-state index contributed by atoms with van der Waals surface area (Å²) in [6.07, 6.45) is 9.28. The molecule has 4 rings (SSSR count). The molecule has 0 saturated heterocycles. The third-order valence-electron chi connectivity index (χ3n) is 5.81. The fourth-order valence-corrected chi connectivity index (χ4v) is 4.45. The average Bonchev–Trinajstić information content (AvgIpc) is 3.00. The number of hydrogen-bond donors (Lipinski definition) is 1. The summed E-state index contributed by atoms with van der Waals surface area (Å²) in [6.45, 7) is 3.58. The summed E-state index contributed by atoms with van der Waals surface area (Å²) in [6, 6.07) is 6.06. The van der Waals surface area contributed by atoms with Crippen LogP contribution in [0.1, 0.15) is 72.4 Å². The van der Waals surface area contributed by atoms with E-state index in [2.05, 4.69) is 28.7 Å². The van der Waals surface area contributed by atoms with Crippen molar-refractivity contribution in [1.82, 2.24) is 14.5 Å². The molecule has 26 heavy (non-hydrogen) atoms. The van der Waals surface area contributed by atoms with Crippen LogP contribution in [0.15, 0.2) is 29.2 Å². The van der Waals surface area contributed by atoms with Gasteiger partial charge in [-0.05, 0) is 55.9 Å². The number of aryl methyl sites for hydroxylation is 2. The highest BCUT2D eigenvalue weighted by molar-refractivity contribution is 5.94. The molecule has 0 saturated carbocycles. The van der Waals surface area contributed by atoms with Crippen molar-refractivity contribution >= 4 is 5.91 Å². The van der Waals surface area contributed by atoms with Crippen molar-refractivity contribution in [1.29, 1.82) is 0 Å². The van der Waals surface area contributed by atoms with Gasteiger partial charge in [0.15, 0.2) is 0 Å². The molecule has 1 unspecified atom stereocenters. The number of carbonyl (C=O) groups excluding carboxylic acids is 1. The Balaban J connectivity index is 1.69. The highest BCUT2D eigenvalue weighted by Gasteiger charge is 2.32. The second-order valence-corrected chi connectivity index (χ2v) is 7.51. The summed E-state index contributed by atoms with van der Waals surface area (Å²) in [5.41, 5.74) is 3.44. The molecule has 5 nitrogen and oxygen atoms in total. The lowest BCUT2D eigenvalue weighted by molar-refractivity contribution is 0.0609. The molecule has 0 fully saturated rings. The molecule has 5 heteroatoms. The van der Waals surface area contributed by atoms with Crippen LogP contribution < -0.4 is 5.56 Å². The summed E-state index contributed by atoms with van der Waals surface area (Å²) in [4.78, 5) is 30.9. The van der Waals surface area contributed by atoms with Gasteiger partial charge in [0.25, 0.3) is 11.5 Å². The van der Waals surface area contributed by atoms with Crippen LogP contribution in [-0.4, -0.2) is 26.9 Å². The Morgan fingerprint density at radius 2 is 2.08 bits per heavy atom. The van der Waals surface area contributed by atoms with E-state index in [0.717, 1.165) is 56.3 Å². The summed E-state index contributed by atoms with van der Waals surface area (Å²) in [5, 5.41) is 0. The maximum Gasteiger partial charge on any atom is 0.261 e. The number of amides is 1. The molecule has 1 aliphatic heterocycles. The van der Waals surface area contributed by atoms with Gasteiger partial charge in [-0.3, -0.25) is 9.59 Å². The molecule has 2 aromatic rings. The Hall–Kier alpha value is -2.30. The topological polar surface area (TPSA) is 58.1 Å². The molecular formula is C21H27N3O2. The molecule has 3 heterocycles. The van der Waals surface area contributed by atoms with Crippen molar-refractivity contribution in [2.75, 3.05) is 6.54 Å². The van der Waals surface area contributed by atoms with Crippen LogP contribution in [-0.2, 0) is 19.4 Å². The smallest absolute Gasteiger partial charge is 0.261 e. The Bertz CT molecular complexity index is 864. The molecule has 1 N–H and O–H groups in total. The zero-order chi connectivity index (χ0) is 18.1. The van der Waals surface area contributed by atoms with Crippen molar-refractivity contribution in [2.24, 2.45) is 0 Å². The number of aromatic nitrogens is 2. The van der Waals surface area contributed by atoms with E-state index in [1.54, 1.807) is 0 Å². The van der Waals surface area contributed by atoms with Gasteiger partial charge in [0.1, 0.15) is 5.56 Å². The summed E-state index contributed by atoms with van der Waals surface area (Å²) in [5.74, 6) is -0.121.